The van der Waals surface area contributed by atoms with Crippen molar-refractivity contribution in [3.8, 4) is 0 Å². The molecular formula is C22H22N4O3S. The second-order valence-electron chi connectivity index (χ2n) is 7.64. The quantitative estimate of drug-likeness (QED) is 0.507. The van der Waals surface area contributed by atoms with Crippen LogP contribution in [0.2, 0.25) is 0 Å². The number of hydrogen-bond acceptors (Lipinski definition) is 6. The summed E-state index contributed by atoms with van der Waals surface area (Å²) in [5.41, 5.74) is 4.69. The molecule has 5 rings (SSSR count). The molecule has 1 fully saturated rings. The highest BCUT2D eigenvalue weighted by Crippen LogP contribution is 2.32. The number of hydrogen-bond donors (Lipinski definition) is 0. The summed E-state index contributed by atoms with van der Waals surface area (Å²) in [6.07, 6.45) is 0. The lowest BCUT2D eigenvalue weighted by Crippen LogP contribution is -2.50. The zero-order chi connectivity index (χ0) is 20.8. The summed E-state index contributed by atoms with van der Waals surface area (Å²) < 4.78 is 7.83. The van der Waals surface area contributed by atoms with Gasteiger partial charge in [0.15, 0.2) is 10.7 Å². The maximum Gasteiger partial charge on any atom is 0.420 e. The molecule has 2 aromatic carbocycles. The summed E-state index contributed by atoms with van der Waals surface area (Å²) in [5.74, 6) is -0.567. The molecule has 1 saturated heterocycles. The lowest BCUT2D eigenvalue weighted by Gasteiger charge is -2.34. The molecule has 0 spiro atoms. The number of carbonyl (C=O) groups excluding carboxylic acids is 1. The molecule has 2 aromatic heterocycles. The van der Waals surface area contributed by atoms with Gasteiger partial charge < -0.3 is 14.2 Å². The Hall–Kier alpha value is -3.13. The average Bonchev–Trinajstić information content (AvgIpc) is 3.33. The topological polar surface area (TPSA) is 71.6 Å². The SMILES string of the molecule is Cc1ccc2sc(N3CCN(C(=O)Cn4c(=O)oc5ccccc54)CC3)nc2c1C. The van der Waals surface area contributed by atoms with E-state index < -0.39 is 5.76 Å². The Morgan fingerprint density at radius 3 is 2.67 bits per heavy atom. The maximum absolute atomic E-state index is 12.8. The molecule has 8 heteroatoms. The third kappa shape index (κ3) is 3.17. The van der Waals surface area contributed by atoms with Crippen LogP contribution in [0.15, 0.2) is 45.6 Å². The highest BCUT2D eigenvalue weighted by Gasteiger charge is 2.24. The minimum Gasteiger partial charge on any atom is -0.408 e. The van der Waals surface area contributed by atoms with Gasteiger partial charge in [0.05, 0.1) is 15.7 Å². The molecule has 0 atom stereocenters. The summed E-state index contributed by atoms with van der Waals surface area (Å²) in [6.45, 7) is 6.88. The molecule has 30 heavy (non-hydrogen) atoms. The molecule has 0 saturated carbocycles. The molecule has 3 heterocycles. The van der Waals surface area contributed by atoms with Crippen LogP contribution >= 0.6 is 11.3 Å². The lowest BCUT2D eigenvalue weighted by molar-refractivity contribution is -0.132. The number of carbonyl (C=O) groups is 1. The molecule has 0 unspecified atom stereocenters. The molecule has 0 N–H and O–H groups in total. The van der Waals surface area contributed by atoms with Crippen molar-refractivity contribution in [2.24, 2.45) is 0 Å². The minimum atomic E-state index is -0.497. The van der Waals surface area contributed by atoms with Crippen LogP contribution in [0.1, 0.15) is 11.1 Å². The largest absolute Gasteiger partial charge is 0.420 e. The zero-order valence-electron chi connectivity index (χ0n) is 16.9. The lowest BCUT2D eigenvalue weighted by atomic mass is 10.1. The fraction of sp³-hybridized carbons (Fsp3) is 0.318. The summed E-state index contributed by atoms with van der Waals surface area (Å²) in [7, 11) is 0. The first-order valence-corrected chi connectivity index (χ1v) is 10.8. The van der Waals surface area contributed by atoms with Gasteiger partial charge in [-0.2, -0.15) is 0 Å². The van der Waals surface area contributed by atoms with Crippen LogP contribution in [-0.2, 0) is 11.3 Å². The van der Waals surface area contributed by atoms with Crippen molar-refractivity contribution in [3.63, 3.8) is 0 Å². The van der Waals surface area contributed by atoms with Crippen molar-refractivity contribution < 1.29 is 9.21 Å². The van der Waals surface area contributed by atoms with E-state index in [9.17, 15) is 9.59 Å². The van der Waals surface area contributed by atoms with Crippen LogP contribution in [-0.4, -0.2) is 46.5 Å². The highest BCUT2D eigenvalue weighted by molar-refractivity contribution is 7.22. The van der Waals surface area contributed by atoms with E-state index in [1.54, 1.807) is 23.5 Å². The van der Waals surface area contributed by atoms with E-state index in [1.807, 2.05) is 17.0 Å². The molecule has 154 valence electrons. The number of benzene rings is 2. The minimum absolute atomic E-state index is 0.00451. The molecule has 0 radical (unpaired) electrons. The van der Waals surface area contributed by atoms with Gasteiger partial charge in [0.1, 0.15) is 6.54 Å². The number of fused-ring (bicyclic) bond motifs is 2. The fourth-order valence-electron chi connectivity index (χ4n) is 3.90. The summed E-state index contributed by atoms with van der Waals surface area (Å²) in [4.78, 5) is 33.9. The Bertz CT molecular complexity index is 1310. The third-order valence-electron chi connectivity index (χ3n) is 5.84. The van der Waals surface area contributed by atoms with Crippen molar-refractivity contribution in [3.05, 3.63) is 58.1 Å². The molecule has 4 aromatic rings. The van der Waals surface area contributed by atoms with Crippen LogP contribution in [0.4, 0.5) is 5.13 Å². The van der Waals surface area contributed by atoms with Crippen LogP contribution in [0, 0.1) is 13.8 Å². The molecule has 1 aliphatic heterocycles. The van der Waals surface area contributed by atoms with E-state index in [4.69, 9.17) is 9.40 Å². The van der Waals surface area contributed by atoms with E-state index in [1.165, 1.54) is 20.4 Å². The summed E-state index contributed by atoms with van der Waals surface area (Å²) in [5, 5.41) is 1.00. The van der Waals surface area contributed by atoms with Crippen molar-refractivity contribution in [2.75, 3.05) is 31.1 Å². The maximum atomic E-state index is 12.8. The van der Waals surface area contributed by atoms with E-state index in [0.29, 0.717) is 24.2 Å². The predicted octanol–water partition coefficient (Wildman–Crippen LogP) is 3.17. The Balaban J connectivity index is 1.29. The number of nitrogens with zero attached hydrogens (tertiary/aromatic N) is 4. The first kappa shape index (κ1) is 18.9. The number of amides is 1. The highest BCUT2D eigenvalue weighted by atomic mass is 32.1. The van der Waals surface area contributed by atoms with E-state index in [-0.39, 0.29) is 12.5 Å². The van der Waals surface area contributed by atoms with Gasteiger partial charge in [-0.3, -0.25) is 9.36 Å². The number of thiazole rings is 1. The summed E-state index contributed by atoms with van der Waals surface area (Å²) >= 11 is 1.70. The Kier molecular flexibility index (Phi) is 4.58. The average molecular weight is 423 g/mol. The van der Waals surface area contributed by atoms with Gasteiger partial charge in [-0.15, -0.1) is 0 Å². The number of aryl methyl sites for hydroxylation is 2. The summed E-state index contributed by atoms with van der Waals surface area (Å²) in [6, 6.07) is 11.4. The molecule has 7 nitrogen and oxygen atoms in total. The molecule has 1 aliphatic rings. The van der Waals surface area contributed by atoms with E-state index >= 15 is 0 Å². The van der Waals surface area contributed by atoms with Crippen molar-refractivity contribution >= 4 is 43.7 Å². The van der Waals surface area contributed by atoms with Crippen molar-refractivity contribution in [1.82, 2.24) is 14.5 Å². The van der Waals surface area contributed by atoms with E-state index in [0.717, 1.165) is 23.7 Å². The number of oxazole rings is 1. The number of aromatic nitrogens is 2. The number of piperazine rings is 1. The van der Waals surface area contributed by atoms with Crippen molar-refractivity contribution in [1.29, 1.82) is 0 Å². The van der Waals surface area contributed by atoms with Gasteiger partial charge in [-0.05, 0) is 43.2 Å². The van der Waals surface area contributed by atoms with Crippen LogP contribution in [0.25, 0.3) is 21.3 Å². The molecular weight excluding hydrogens is 400 g/mol. The second kappa shape index (κ2) is 7.28. The Morgan fingerprint density at radius 1 is 1.10 bits per heavy atom. The van der Waals surface area contributed by atoms with Gasteiger partial charge in [-0.1, -0.05) is 29.5 Å². The van der Waals surface area contributed by atoms with Crippen LogP contribution in [0.3, 0.4) is 0 Å². The van der Waals surface area contributed by atoms with Gasteiger partial charge in [0.2, 0.25) is 5.91 Å². The Morgan fingerprint density at radius 2 is 1.87 bits per heavy atom. The second-order valence-corrected chi connectivity index (χ2v) is 8.65. The number of para-hydroxylation sites is 2. The molecule has 1 amide bonds. The number of rotatable bonds is 3. The van der Waals surface area contributed by atoms with Crippen LogP contribution in [0.5, 0.6) is 0 Å². The molecule has 0 bridgehead atoms. The van der Waals surface area contributed by atoms with Gasteiger partial charge in [-0.25, -0.2) is 9.78 Å². The van der Waals surface area contributed by atoms with Gasteiger partial charge >= 0.3 is 5.76 Å². The van der Waals surface area contributed by atoms with E-state index in [2.05, 4.69) is 30.9 Å². The first-order chi connectivity index (χ1) is 14.5. The molecule has 0 aliphatic carbocycles. The van der Waals surface area contributed by atoms with Crippen molar-refractivity contribution in [2.45, 2.75) is 20.4 Å². The smallest absolute Gasteiger partial charge is 0.408 e. The third-order valence-corrected chi connectivity index (χ3v) is 6.92. The fourth-order valence-corrected chi connectivity index (χ4v) is 4.97. The predicted molar refractivity (Wildman–Crippen MR) is 118 cm³/mol. The standard InChI is InChI=1S/C22H22N4O3S/c1-14-7-8-18-20(15(14)2)23-21(30-18)25-11-9-24(10-12-25)19(27)13-26-16-5-3-4-6-17(16)29-22(26)28/h3-8H,9-13H2,1-2H3. The first-order valence-electron chi connectivity index (χ1n) is 9.99. The van der Waals surface area contributed by atoms with Crippen LogP contribution < -0.4 is 10.7 Å². The number of anilines is 1. The van der Waals surface area contributed by atoms with Gasteiger partial charge in [0.25, 0.3) is 0 Å². The normalized spacial score (nSPS) is 14.7. The monoisotopic (exact) mass is 422 g/mol. The van der Waals surface area contributed by atoms with Gasteiger partial charge in [0, 0.05) is 26.2 Å². The zero-order valence-corrected chi connectivity index (χ0v) is 17.7. The Labute approximate surface area is 177 Å².